The third-order valence-electron chi connectivity index (χ3n) is 3.07. The molecule has 20 heavy (non-hydrogen) atoms. The van der Waals surface area contributed by atoms with Crippen molar-refractivity contribution < 1.29 is 19.5 Å². The summed E-state index contributed by atoms with van der Waals surface area (Å²) in [5.41, 5.74) is 8.50. The minimum atomic E-state index is -0.833. The smallest absolute Gasteiger partial charge is 0.315 e. The van der Waals surface area contributed by atoms with Gasteiger partial charge in [0.1, 0.15) is 0 Å². The van der Waals surface area contributed by atoms with Crippen molar-refractivity contribution in [2.24, 2.45) is 11.5 Å². The van der Waals surface area contributed by atoms with Gasteiger partial charge in [0.25, 0.3) is 0 Å². The van der Waals surface area contributed by atoms with Crippen molar-refractivity contribution in [3.8, 4) is 0 Å². The van der Waals surface area contributed by atoms with E-state index in [1.165, 1.54) is 0 Å². The summed E-state index contributed by atoms with van der Waals surface area (Å²) in [4.78, 5) is 30.5. The number of carbonyl (C=O) groups is 3. The second kappa shape index (κ2) is 7.83. The Hall–Kier alpha value is -1.64. The molecule has 3 atom stereocenters. The third kappa shape index (κ3) is 5.55. The first-order valence-electron chi connectivity index (χ1n) is 6.35. The lowest BCUT2D eigenvalue weighted by molar-refractivity contribution is -0.137. The van der Waals surface area contributed by atoms with Crippen LogP contribution in [0, 0.1) is 0 Å². The molecule has 0 aromatic rings. The van der Waals surface area contributed by atoms with Gasteiger partial charge < -0.3 is 27.2 Å². The molecule has 0 radical (unpaired) electrons. The Kier molecular flexibility index (Phi) is 6.43. The fraction of sp³-hybridized carbons (Fsp3) is 0.727. The van der Waals surface area contributed by atoms with Gasteiger partial charge in [0.05, 0.1) is 12.1 Å². The summed E-state index contributed by atoms with van der Waals surface area (Å²) >= 11 is 1.87. The van der Waals surface area contributed by atoms with Crippen LogP contribution >= 0.6 is 11.8 Å². The zero-order valence-corrected chi connectivity index (χ0v) is 11.8. The first-order chi connectivity index (χ1) is 9.40. The minimum absolute atomic E-state index is 0.0640. The highest BCUT2D eigenvalue weighted by molar-refractivity contribution is 8.00. The summed E-state index contributed by atoms with van der Waals surface area (Å²) in [5, 5.41) is 14.8. The van der Waals surface area contributed by atoms with Crippen LogP contribution < -0.4 is 22.1 Å². The molecule has 8 nitrogen and oxygen atoms in total. The molecule has 2 saturated heterocycles. The number of hydrogen-bond donors (Lipinski definition) is 5. The van der Waals surface area contributed by atoms with Crippen molar-refractivity contribution in [1.82, 2.24) is 10.6 Å². The zero-order chi connectivity index (χ0) is 15.1. The molecule has 2 aliphatic rings. The van der Waals surface area contributed by atoms with Crippen molar-refractivity contribution in [3.05, 3.63) is 0 Å². The SMILES string of the molecule is NC(N)=O.O=C(O)CCCC[C@@H]1SC[C@@H]2NC(=O)N[C@@H]21. The van der Waals surface area contributed by atoms with Gasteiger partial charge in [0, 0.05) is 17.4 Å². The molecule has 2 aliphatic heterocycles. The molecule has 0 aromatic carbocycles. The first-order valence-corrected chi connectivity index (χ1v) is 7.40. The van der Waals surface area contributed by atoms with Crippen molar-refractivity contribution in [2.75, 3.05) is 5.75 Å². The second-order valence-electron chi connectivity index (χ2n) is 4.66. The average molecular weight is 304 g/mol. The Balaban J connectivity index is 0.000000444. The standard InChI is InChI=1S/C10H16N2O3S.CH4N2O/c13-8(14)4-2-1-3-7-9-6(5-16-7)11-10(15)12-9;2-1(3)4/h6-7,9H,1-5H2,(H,13,14)(H2,11,12,15);(H4,2,3,4)/t6-,7-,9-;/m0./s1. The number of amides is 4. The van der Waals surface area contributed by atoms with Crippen LogP contribution in [0.3, 0.4) is 0 Å². The number of primary amides is 2. The number of fused-ring (bicyclic) bond motifs is 1. The molecular weight excluding hydrogens is 284 g/mol. The van der Waals surface area contributed by atoms with Crippen molar-refractivity contribution in [3.63, 3.8) is 0 Å². The van der Waals surface area contributed by atoms with Crippen LogP contribution in [0.2, 0.25) is 0 Å². The van der Waals surface area contributed by atoms with Crippen LogP contribution in [-0.2, 0) is 4.79 Å². The number of nitrogens with one attached hydrogen (secondary N) is 2. The van der Waals surface area contributed by atoms with Crippen LogP contribution in [0.1, 0.15) is 25.7 Å². The van der Waals surface area contributed by atoms with Crippen LogP contribution in [0.15, 0.2) is 0 Å². The van der Waals surface area contributed by atoms with Gasteiger partial charge in [-0.1, -0.05) is 6.42 Å². The number of thioether (sulfide) groups is 1. The lowest BCUT2D eigenvalue weighted by Crippen LogP contribution is -2.36. The lowest BCUT2D eigenvalue weighted by Gasteiger charge is -2.16. The summed E-state index contributed by atoms with van der Waals surface area (Å²) in [6.07, 6.45) is 2.88. The van der Waals surface area contributed by atoms with Crippen LogP contribution in [0.5, 0.6) is 0 Å². The summed E-state index contributed by atoms with van der Waals surface area (Å²) < 4.78 is 0. The number of aliphatic carboxylic acids is 1. The van der Waals surface area contributed by atoms with Gasteiger partial charge in [-0.15, -0.1) is 0 Å². The average Bonchev–Trinajstić information content (AvgIpc) is 2.83. The lowest BCUT2D eigenvalue weighted by atomic mass is 10.0. The molecule has 0 aliphatic carbocycles. The number of urea groups is 2. The van der Waals surface area contributed by atoms with Gasteiger partial charge in [-0.25, -0.2) is 9.59 Å². The maximum atomic E-state index is 11.1. The number of hydrogen-bond acceptors (Lipinski definition) is 4. The molecule has 4 amide bonds. The van der Waals surface area contributed by atoms with E-state index >= 15 is 0 Å². The van der Waals surface area contributed by atoms with E-state index in [0.29, 0.717) is 5.25 Å². The largest absolute Gasteiger partial charge is 0.481 e. The predicted molar refractivity (Wildman–Crippen MR) is 75.4 cm³/mol. The Morgan fingerprint density at radius 3 is 2.55 bits per heavy atom. The van der Waals surface area contributed by atoms with Crippen molar-refractivity contribution in [2.45, 2.75) is 43.0 Å². The fourth-order valence-corrected chi connectivity index (χ4v) is 3.81. The monoisotopic (exact) mass is 304 g/mol. The number of carboxylic acids is 1. The Labute approximate surface area is 121 Å². The molecule has 0 unspecified atom stereocenters. The molecule has 2 fully saturated rings. The van der Waals surface area contributed by atoms with E-state index in [-0.39, 0.29) is 24.5 Å². The van der Waals surface area contributed by atoms with E-state index in [1.807, 2.05) is 11.8 Å². The van der Waals surface area contributed by atoms with Gasteiger partial charge in [0.15, 0.2) is 0 Å². The molecule has 0 saturated carbocycles. The van der Waals surface area contributed by atoms with Gasteiger partial charge in [0.2, 0.25) is 0 Å². The van der Waals surface area contributed by atoms with Gasteiger partial charge >= 0.3 is 18.0 Å². The summed E-state index contributed by atoms with van der Waals surface area (Å²) in [7, 11) is 0. The number of rotatable bonds is 5. The third-order valence-corrected chi connectivity index (χ3v) is 4.58. The molecule has 114 valence electrons. The molecule has 9 heteroatoms. The van der Waals surface area contributed by atoms with Gasteiger partial charge in [-0.2, -0.15) is 11.8 Å². The van der Waals surface area contributed by atoms with E-state index in [9.17, 15) is 9.59 Å². The number of unbranched alkanes of at least 4 members (excludes halogenated alkanes) is 1. The summed E-state index contributed by atoms with van der Waals surface area (Å²) in [6, 6.07) is -0.393. The predicted octanol–water partition coefficient (Wildman–Crippen LogP) is -0.179. The molecule has 2 heterocycles. The maximum Gasteiger partial charge on any atom is 0.315 e. The fourth-order valence-electron chi connectivity index (χ4n) is 2.26. The normalized spacial score (nSPS) is 26.8. The minimum Gasteiger partial charge on any atom is -0.481 e. The molecule has 0 spiro atoms. The highest BCUT2D eigenvalue weighted by atomic mass is 32.2. The highest BCUT2D eigenvalue weighted by Crippen LogP contribution is 2.33. The van der Waals surface area contributed by atoms with Crippen LogP contribution in [-0.4, -0.2) is 46.2 Å². The molecular formula is C11H20N4O4S. The van der Waals surface area contributed by atoms with Gasteiger partial charge in [-0.05, 0) is 12.8 Å². The topological polar surface area (TPSA) is 148 Å². The summed E-state index contributed by atoms with van der Waals surface area (Å²) in [5.74, 6) is 0.236. The van der Waals surface area contributed by atoms with E-state index in [2.05, 4.69) is 22.1 Å². The number of nitrogens with two attached hydrogens (primary N) is 2. The Morgan fingerprint density at radius 1 is 1.30 bits per heavy atom. The molecule has 0 aromatic heterocycles. The van der Waals surface area contributed by atoms with Crippen LogP contribution in [0.4, 0.5) is 9.59 Å². The molecule has 2 rings (SSSR count). The Bertz CT molecular complexity index is 375. The quantitative estimate of drug-likeness (QED) is 0.353. The van der Waals surface area contributed by atoms with E-state index in [1.54, 1.807) is 0 Å². The molecule has 0 bridgehead atoms. The number of carboxylic acid groups (broad SMARTS) is 1. The first kappa shape index (κ1) is 16.4. The second-order valence-corrected chi connectivity index (χ2v) is 5.94. The maximum absolute atomic E-state index is 11.1. The Morgan fingerprint density at radius 2 is 1.95 bits per heavy atom. The van der Waals surface area contributed by atoms with E-state index in [4.69, 9.17) is 9.90 Å². The highest BCUT2D eigenvalue weighted by Gasteiger charge is 2.42. The van der Waals surface area contributed by atoms with Crippen LogP contribution in [0.25, 0.3) is 0 Å². The molecule has 7 N–H and O–H groups in total. The van der Waals surface area contributed by atoms with Gasteiger partial charge in [-0.3, -0.25) is 4.79 Å². The zero-order valence-electron chi connectivity index (χ0n) is 11.0. The number of carbonyl (C=O) groups excluding carboxylic acids is 2. The van der Waals surface area contributed by atoms with Crippen molar-refractivity contribution >= 4 is 29.8 Å². The van der Waals surface area contributed by atoms with E-state index < -0.39 is 12.0 Å². The summed E-state index contributed by atoms with van der Waals surface area (Å²) in [6.45, 7) is 0. The van der Waals surface area contributed by atoms with Crippen molar-refractivity contribution in [1.29, 1.82) is 0 Å². The van der Waals surface area contributed by atoms with E-state index in [0.717, 1.165) is 25.0 Å².